The van der Waals surface area contributed by atoms with Crippen molar-refractivity contribution >= 4 is 35.2 Å². The molecule has 0 spiro atoms. The summed E-state index contributed by atoms with van der Waals surface area (Å²) in [6.45, 7) is 10.5. The third-order valence-electron chi connectivity index (χ3n) is 3.74. The number of thiocarbonyl (C=S) groups is 1. The van der Waals surface area contributed by atoms with Crippen LogP contribution in [0.25, 0.3) is 6.08 Å². The Balaban J connectivity index is 2.21. The summed E-state index contributed by atoms with van der Waals surface area (Å²) in [6.07, 6.45) is 3.00. The Bertz CT molecular complexity index is 689. The van der Waals surface area contributed by atoms with E-state index in [9.17, 15) is 9.59 Å². The van der Waals surface area contributed by atoms with E-state index in [1.54, 1.807) is 12.1 Å². The number of hydrogen-bond acceptors (Lipinski definition) is 5. The minimum Gasteiger partial charge on any atom is -0.460 e. The van der Waals surface area contributed by atoms with Gasteiger partial charge in [-0.25, -0.2) is 0 Å². The van der Waals surface area contributed by atoms with Gasteiger partial charge in [0.25, 0.3) is 11.8 Å². The summed E-state index contributed by atoms with van der Waals surface area (Å²) >= 11 is 5.01. The lowest BCUT2D eigenvalue weighted by Gasteiger charge is -2.27. The lowest BCUT2D eigenvalue weighted by molar-refractivity contribution is -0.128. The predicted octanol–water partition coefficient (Wildman–Crippen LogP) is 1.93. The number of hydrogen-bond donors (Lipinski definition) is 1. The third kappa shape index (κ3) is 3.98. The standard InChI is InChI=1S/C17H21N3O3S/c1-4-9-20-16(22)14(15(21)18-17(20)24)10-12-7-8-13(23-12)11-19(5-2)6-3/h4,7-8,10H,1,5-6,9,11H2,2-3H3,(H,18,21,24)/b14-10+. The van der Waals surface area contributed by atoms with E-state index in [1.165, 1.54) is 11.0 Å². The number of carbonyl (C=O) groups is 2. The molecule has 0 atom stereocenters. The van der Waals surface area contributed by atoms with Gasteiger partial charge in [-0.3, -0.25) is 24.7 Å². The Labute approximate surface area is 146 Å². The van der Waals surface area contributed by atoms with Gasteiger partial charge < -0.3 is 4.42 Å². The van der Waals surface area contributed by atoms with E-state index in [4.69, 9.17) is 16.6 Å². The maximum absolute atomic E-state index is 12.4. The average molecular weight is 347 g/mol. The van der Waals surface area contributed by atoms with E-state index in [1.807, 2.05) is 6.07 Å². The monoisotopic (exact) mass is 347 g/mol. The van der Waals surface area contributed by atoms with Gasteiger partial charge in [-0.1, -0.05) is 19.9 Å². The zero-order valence-electron chi connectivity index (χ0n) is 13.9. The number of nitrogens with zero attached hydrogens (tertiary/aromatic N) is 2. The first-order chi connectivity index (χ1) is 11.5. The number of furan rings is 1. The molecule has 1 aromatic rings. The molecule has 1 aromatic heterocycles. The minimum absolute atomic E-state index is 0.00538. The second-order valence-electron chi connectivity index (χ2n) is 5.29. The molecule has 1 aliphatic heterocycles. The molecule has 0 radical (unpaired) electrons. The molecule has 2 amide bonds. The molecule has 0 unspecified atom stereocenters. The summed E-state index contributed by atoms with van der Waals surface area (Å²) in [4.78, 5) is 28.0. The molecule has 2 heterocycles. The van der Waals surface area contributed by atoms with Crippen molar-refractivity contribution in [1.82, 2.24) is 15.1 Å². The molecule has 1 fully saturated rings. The largest absolute Gasteiger partial charge is 0.460 e. The van der Waals surface area contributed by atoms with Crippen molar-refractivity contribution in [2.75, 3.05) is 19.6 Å². The van der Waals surface area contributed by atoms with E-state index in [0.717, 1.165) is 18.8 Å². The van der Waals surface area contributed by atoms with Crippen molar-refractivity contribution in [3.63, 3.8) is 0 Å². The fraction of sp³-hybridized carbons (Fsp3) is 0.353. The summed E-state index contributed by atoms with van der Waals surface area (Å²) in [7, 11) is 0. The van der Waals surface area contributed by atoms with Crippen LogP contribution in [0.15, 0.2) is 34.8 Å². The smallest absolute Gasteiger partial charge is 0.266 e. The van der Waals surface area contributed by atoms with Gasteiger partial charge in [0.2, 0.25) is 0 Å². The molecule has 128 valence electrons. The van der Waals surface area contributed by atoms with Crippen molar-refractivity contribution in [3.8, 4) is 0 Å². The van der Waals surface area contributed by atoms with E-state index in [2.05, 4.69) is 30.6 Å². The van der Waals surface area contributed by atoms with Crippen molar-refractivity contribution in [3.05, 3.63) is 41.9 Å². The van der Waals surface area contributed by atoms with Gasteiger partial charge in [-0.15, -0.1) is 6.58 Å². The maximum atomic E-state index is 12.4. The zero-order valence-corrected chi connectivity index (χ0v) is 14.7. The predicted molar refractivity (Wildman–Crippen MR) is 96.0 cm³/mol. The van der Waals surface area contributed by atoms with Crippen LogP contribution in [-0.2, 0) is 16.1 Å². The molecule has 2 rings (SSSR count). The van der Waals surface area contributed by atoms with Crippen LogP contribution in [0, 0.1) is 0 Å². The molecular formula is C17H21N3O3S. The highest BCUT2D eigenvalue weighted by molar-refractivity contribution is 7.80. The topological polar surface area (TPSA) is 65.8 Å². The second kappa shape index (κ2) is 8.03. The van der Waals surface area contributed by atoms with Crippen LogP contribution in [-0.4, -0.2) is 46.4 Å². The summed E-state index contributed by atoms with van der Waals surface area (Å²) in [5.74, 6) is 0.270. The lowest BCUT2D eigenvalue weighted by atomic mass is 10.1. The van der Waals surface area contributed by atoms with Crippen molar-refractivity contribution in [2.24, 2.45) is 0 Å². The van der Waals surface area contributed by atoms with Crippen LogP contribution in [0.1, 0.15) is 25.4 Å². The lowest BCUT2D eigenvalue weighted by Crippen LogP contribution is -2.53. The molecule has 6 nitrogen and oxygen atoms in total. The van der Waals surface area contributed by atoms with E-state index < -0.39 is 11.8 Å². The highest BCUT2D eigenvalue weighted by Gasteiger charge is 2.32. The second-order valence-corrected chi connectivity index (χ2v) is 5.67. The average Bonchev–Trinajstić information content (AvgIpc) is 3.00. The Kier molecular flexibility index (Phi) is 6.05. The van der Waals surface area contributed by atoms with Gasteiger partial charge in [-0.2, -0.15) is 0 Å². The van der Waals surface area contributed by atoms with Gasteiger partial charge in [0, 0.05) is 6.54 Å². The summed E-state index contributed by atoms with van der Waals surface area (Å²) in [5, 5.41) is 2.59. The normalized spacial score (nSPS) is 16.9. The molecule has 0 saturated carbocycles. The molecule has 1 N–H and O–H groups in total. The minimum atomic E-state index is -0.521. The number of rotatable bonds is 7. The van der Waals surface area contributed by atoms with E-state index >= 15 is 0 Å². The van der Waals surface area contributed by atoms with Crippen molar-refractivity contribution < 1.29 is 14.0 Å². The molecule has 0 aromatic carbocycles. The molecule has 1 aliphatic rings. The van der Waals surface area contributed by atoms with Crippen LogP contribution < -0.4 is 5.32 Å². The van der Waals surface area contributed by atoms with Crippen LogP contribution in [0.4, 0.5) is 0 Å². The van der Waals surface area contributed by atoms with Gasteiger partial charge in [0.05, 0.1) is 6.54 Å². The quantitative estimate of drug-likeness (QED) is 0.353. The third-order valence-corrected chi connectivity index (χ3v) is 4.06. The van der Waals surface area contributed by atoms with Crippen LogP contribution >= 0.6 is 12.2 Å². The summed E-state index contributed by atoms with van der Waals surface area (Å²) in [5.41, 5.74) is -0.00538. The number of carbonyl (C=O) groups excluding carboxylic acids is 2. The Morgan fingerprint density at radius 3 is 2.67 bits per heavy atom. The van der Waals surface area contributed by atoms with Crippen molar-refractivity contribution in [1.29, 1.82) is 0 Å². The first-order valence-electron chi connectivity index (χ1n) is 7.81. The molecular weight excluding hydrogens is 326 g/mol. The van der Waals surface area contributed by atoms with Crippen LogP contribution in [0.3, 0.4) is 0 Å². The highest BCUT2D eigenvalue weighted by atomic mass is 32.1. The van der Waals surface area contributed by atoms with E-state index in [0.29, 0.717) is 12.3 Å². The Morgan fingerprint density at radius 2 is 2.04 bits per heavy atom. The Morgan fingerprint density at radius 1 is 1.33 bits per heavy atom. The zero-order chi connectivity index (χ0) is 17.7. The van der Waals surface area contributed by atoms with Gasteiger partial charge in [0.15, 0.2) is 5.11 Å². The van der Waals surface area contributed by atoms with Crippen LogP contribution in [0.2, 0.25) is 0 Å². The fourth-order valence-corrected chi connectivity index (χ4v) is 2.61. The fourth-order valence-electron chi connectivity index (χ4n) is 2.36. The molecule has 24 heavy (non-hydrogen) atoms. The number of amides is 2. The van der Waals surface area contributed by atoms with Gasteiger partial charge in [-0.05, 0) is 43.5 Å². The highest BCUT2D eigenvalue weighted by Crippen LogP contribution is 2.17. The summed E-state index contributed by atoms with van der Waals surface area (Å²) < 4.78 is 5.72. The number of nitrogens with one attached hydrogen (secondary N) is 1. The first kappa shape index (κ1) is 18.1. The Hall–Kier alpha value is -2.25. The maximum Gasteiger partial charge on any atom is 0.266 e. The van der Waals surface area contributed by atoms with Gasteiger partial charge >= 0.3 is 0 Å². The van der Waals surface area contributed by atoms with Gasteiger partial charge in [0.1, 0.15) is 17.1 Å². The van der Waals surface area contributed by atoms with Crippen LogP contribution in [0.5, 0.6) is 0 Å². The SMILES string of the molecule is C=CCN1C(=O)/C(=C/c2ccc(CN(CC)CC)o2)C(=O)NC1=S. The first-order valence-corrected chi connectivity index (χ1v) is 8.21. The molecule has 0 bridgehead atoms. The molecule has 7 heteroatoms. The van der Waals surface area contributed by atoms with E-state index in [-0.39, 0.29) is 17.2 Å². The summed E-state index contributed by atoms with van der Waals surface area (Å²) in [6, 6.07) is 3.60. The van der Waals surface area contributed by atoms with Crippen molar-refractivity contribution in [2.45, 2.75) is 20.4 Å². The molecule has 1 saturated heterocycles. The molecule has 0 aliphatic carbocycles.